The first-order valence-electron chi connectivity index (χ1n) is 6.42. The molecule has 120 valence electrons. The first-order valence-corrected chi connectivity index (χ1v) is 6.42. The van der Waals surface area contributed by atoms with Crippen LogP contribution in [0.15, 0.2) is 11.4 Å². The van der Waals surface area contributed by atoms with Crippen LogP contribution in [-0.4, -0.2) is 43.0 Å². The molecule has 3 N–H and O–H groups in total. The standard InChI is InChI=1S/C12H21N3O6/c1-5-19-10(16)9(8(4)13)15(12(18)21-7-3)14-11(17)20-6-2/h5-7,13H2,1-4H3,(H,14,17)/b9-8-. The van der Waals surface area contributed by atoms with Gasteiger partial charge in [0, 0.05) is 5.70 Å². The highest BCUT2D eigenvalue weighted by Crippen LogP contribution is 2.10. The van der Waals surface area contributed by atoms with E-state index in [2.05, 4.69) is 10.2 Å². The van der Waals surface area contributed by atoms with Gasteiger partial charge in [0.15, 0.2) is 5.70 Å². The quantitative estimate of drug-likeness (QED) is 0.334. The molecule has 0 aromatic carbocycles. The summed E-state index contributed by atoms with van der Waals surface area (Å²) in [5.74, 6) is -0.873. The lowest BCUT2D eigenvalue weighted by molar-refractivity contribution is -0.140. The van der Waals surface area contributed by atoms with Crippen molar-refractivity contribution in [3.05, 3.63) is 11.4 Å². The van der Waals surface area contributed by atoms with Crippen molar-refractivity contribution in [2.45, 2.75) is 27.7 Å². The fourth-order valence-electron chi connectivity index (χ4n) is 1.26. The maximum absolute atomic E-state index is 11.9. The minimum absolute atomic E-state index is 0.0294. The number of esters is 1. The lowest BCUT2D eigenvalue weighted by Gasteiger charge is -2.24. The summed E-state index contributed by atoms with van der Waals surface area (Å²) in [4.78, 5) is 35.2. The van der Waals surface area contributed by atoms with E-state index in [0.717, 1.165) is 0 Å². The topological polar surface area (TPSA) is 120 Å². The zero-order chi connectivity index (χ0) is 16.4. The predicted octanol–water partition coefficient (Wildman–Crippen LogP) is 0.859. The summed E-state index contributed by atoms with van der Waals surface area (Å²) in [6.45, 7) is 6.34. The Kier molecular flexibility index (Phi) is 8.35. The number of nitrogens with two attached hydrogens (primary N) is 1. The third kappa shape index (κ3) is 6.02. The molecule has 9 nitrogen and oxygen atoms in total. The molecule has 21 heavy (non-hydrogen) atoms. The van der Waals surface area contributed by atoms with Crippen molar-refractivity contribution in [3.63, 3.8) is 0 Å². The van der Waals surface area contributed by atoms with Crippen molar-refractivity contribution in [3.8, 4) is 0 Å². The monoisotopic (exact) mass is 303 g/mol. The van der Waals surface area contributed by atoms with Gasteiger partial charge in [-0.3, -0.25) is 0 Å². The minimum atomic E-state index is -0.988. The number of nitrogens with zero attached hydrogens (tertiary/aromatic N) is 1. The van der Waals surface area contributed by atoms with E-state index in [1.807, 2.05) is 0 Å². The minimum Gasteiger partial charge on any atom is -0.461 e. The predicted molar refractivity (Wildman–Crippen MR) is 72.5 cm³/mol. The van der Waals surface area contributed by atoms with Crippen molar-refractivity contribution >= 4 is 18.2 Å². The maximum Gasteiger partial charge on any atom is 0.433 e. The molecule has 2 amide bonds. The zero-order valence-corrected chi connectivity index (χ0v) is 12.6. The fraction of sp³-hybridized carbons (Fsp3) is 0.583. The molecular weight excluding hydrogens is 282 g/mol. The number of hydrazine groups is 1. The van der Waals surface area contributed by atoms with Gasteiger partial charge in [0.1, 0.15) is 0 Å². The van der Waals surface area contributed by atoms with Gasteiger partial charge in [0.25, 0.3) is 0 Å². The highest BCUT2D eigenvalue weighted by atomic mass is 16.6. The molecule has 0 aliphatic heterocycles. The molecule has 0 rings (SSSR count). The van der Waals surface area contributed by atoms with Gasteiger partial charge in [-0.05, 0) is 27.7 Å². The number of hydrogen-bond acceptors (Lipinski definition) is 7. The van der Waals surface area contributed by atoms with Crippen molar-refractivity contribution in [1.29, 1.82) is 0 Å². The molecule has 9 heteroatoms. The van der Waals surface area contributed by atoms with Crippen LogP contribution in [0.1, 0.15) is 27.7 Å². The lowest BCUT2D eigenvalue weighted by Crippen LogP contribution is -2.48. The van der Waals surface area contributed by atoms with E-state index in [9.17, 15) is 14.4 Å². The molecule has 0 aliphatic rings. The molecule has 0 aromatic heterocycles. The Morgan fingerprint density at radius 1 is 1.00 bits per heavy atom. The van der Waals surface area contributed by atoms with Gasteiger partial charge in [-0.25, -0.2) is 19.8 Å². The van der Waals surface area contributed by atoms with Gasteiger partial charge in [0.05, 0.1) is 19.8 Å². The van der Waals surface area contributed by atoms with Crippen LogP contribution in [0.4, 0.5) is 9.59 Å². The number of hydrogen-bond donors (Lipinski definition) is 2. The maximum atomic E-state index is 11.9. The van der Waals surface area contributed by atoms with E-state index in [1.165, 1.54) is 6.92 Å². The van der Waals surface area contributed by atoms with Gasteiger partial charge < -0.3 is 19.9 Å². The van der Waals surface area contributed by atoms with E-state index in [4.69, 9.17) is 15.2 Å². The Labute approximate surface area is 123 Å². The van der Waals surface area contributed by atoms with Crippen LogP contribution in [0, 0.1) is 0 Å². The average molecular weight is 303 g/mol. The first-order chi connectivity index (χ1) is 9.88. The number of amides is 2. The van der Waals surface area contributed by atoms with E-state index < -0.39 is 18.2 Å². The Hall–Kier alpha value is -2.45. The van der Waals surface area contributed by atoms with E-state index >= 15 is 0 Å². The normalized spacial score (nSPS) is 11.0. The molecule has 0 bridgehead atoms. The molecular formula is C12H21N3O6. The second-order valence-electron chi connectivity index (χ2n) is 3.62. The number of nitrogens with one attached hydrogen (secondary N) is 1. The summed E-state index contributed by atoms with van der Waals surface area (Å²) in [5, 5.41) is 0.564. The second-order valence-corrected chi connectivity index (χ2v) is 3.62. The van der Waals surface area contributed by atoms with Crippen LogP contribution in [0.5, 0.6) is 0 Å². The van der Waals surface area contributed by atoms with Crippen LogP contribution in [-0.2, 0) is 19.0 Å². The highest BCUT2D eigenvalue weighted by Gasteiger charge is 2.30. The zero-order valence-electron chi connectivity index (χ0n) is 12.6. The SMILES string of the molecule is CCOC(=O)NN(C(=O)OCC)/C(C(=O)OCC)=C(/C)N. The molecule has 0 radical (unpaired) electrons. The summed E-state index contributed by atoms with van der Waals surface area (Å²) in [6.07, 6.45) is -1.92. The van der Waals surface area contributed by atoms with Gasteiger partial charge in [-0.2, -0.15) is 5.01 Å². The summed E-state index contributed by atoms with van der Waals surface area (Å²) in [6, 6.07) is 0. The molecule has 0 aliphatic carbocycles. The van der Waals surface area contributed by atoms with Crippen LogP contribution < -0.4 is 11.2 Å². The van der Waals surface area contributed by atoms with Crippen LogP contribution in [0.2, 0.25) is 0 Å². The molecule has 0 saturated carbocycles. The molecule has 0 unspecified atom stereocenters. The third-order valence-electron chi connectivity index (χ3n) is 1.99. The van der Waals surface area contributed by atoms with Crippen molar-refractivity contribution in [2.24, 2.45) is 5.73 Å². The molecule has 0 spiro atoms. The van der Waals surface area contributed by atoms with E-state index in [-0.39, 0.29) is 31.2 Å². The van der Waals surface area contributed by atoms with Gasteiger partial charge in [-0.15, -0.1) is 0 Å². The van der Waals surface area contributed by atoms with Gasteiger partial charge >= 0.3 is 18.2 Å². The van der Waals surface area contributed by atoms with Crippen molar-refractivity contribution in [1.82, 2.24) is 10.4 Å². The fourth-order valence-corrected chi connectivity index (χ4v) is 1.26. The van der Waals surface area contributed by atoms with E-state index in [0.29, 0.717) is 5.01 Å². The van der Waals surface area contributed by atoms with Crippen LogP contribution >= 0.6 is 0 Å². The summed E-state index contributed by atoms with van der Waals surface area (Å²) in [5.41, 5.74) is 7.30. The average Bonchev–Trinajstić information content (AvgIpc) is 2.38. The van der Waals surface area contributed by atoms with Crippen LogP contribution in [0.25, 0.3) is 0 Å². The number of ether oxygens (including phenoxy) is 3. The Bertz CT molecular complexity index is 417. The van der Waals surface area contributed by atoms with E-state index in [1.54, 1.807) is 20.8 Å². The van der Waals surface area contributed by atoms with Gasteiger partial charge in [0.2, 0.25) is 0 Å². The molecule has 0 saturated heterocycles. The van der Waals surface area contributed by atoms with Crippen molar-refractivity contribution < 1.29 is 28.6 Å². The second kappa shape index (κ2) is 9.45. The van der Waals surface area contributed by atoms with Crippen LogP contribution in [0.3, 0.4) is 0 Å². The number of rotatable bonds is 5. The van der Waals surface area contributed by atoms with Crippen molar-refractivity contribution in [2.75, 3.05) is 19.8 Å². The summed E-state index contributed by atoms with van der Waals surface area (Å²) in [7, 11) is 0. The Morgan fingerprint density at radius 3 is 1.95 bits per heavy atom. The molecule has 0 aromatic rings. The first kappa shape index (κ1) is 18.6. The number of allylic oxidation sites excluding steroid dienone is 1. The van der Waals surface area contributed by atoms with Gasteiger partial charge in [-0.1, -0.05) is 0 Å². The Morgan fingerprint density at radius 2 is 1.52 bits per heavy atom. The summed E-state index contributed by atoms with van der Waals surface area (Å²) >= 11 is 0. The summed E-state index contributed by atoms with van der Waals surface area (Å²) < 4.78 is 14.2. The molecule has 0 heterocycles. The number of carbonyl (C=O) groups excluding carboxylic acids is 3. The highest BCUT2D eigenvalue weighted by molar-refractivity contribution is 5.93. The Balaban J connectivity index is 5.41. The smallest absolute Gasteiger partial charge is 0.433 e. The number of carbonyl (C=O) groups is 3. The lowest BCUT2D eigenvalue weighted by atomic mass is 10.3. The third-order valence-corrected chi connectivity index (χ3v) is 1.99. The molecule has 0 fully saturated rings. The largest absolute Gasteiger partial charge is 0.461 e. The molecule has 0 atom stereocenters.